The molecule has 3 aliphatic heterocycles. The lowest BCUT2D eigenvalue weighted by molar-refractivity contribution is -0.191. The van der Waals surface area contributed by atoms with Gasteiger partial charge in [-0.15, -0.1) is 0 Å². The molecule has 0 unspecified atom stereocenters. The summed E-state index contributed by atoms with van der Waals surface area (Å²) in [6.07, 6.45) is 9.64. The molecule has 0 aromatic carbocycles. The molecule has 0 spiro atoms. The van der Waals surface area contributed by atoms with E-state index in [1.165, 1.54) is 6.42 Å². The second kappa shape index (κ2) is 16.5. The van der Waals surface area contributed by atoms with Crippen LogP contribution in [-0.4, -0.2) is 114 Å². The molecular weight excluding hydrogens is 534 g/mol. The van der Waals surface area contributed by atoms with Gasteiger partial charge in [-0.25, -0.2) is 0 Å². The van der Waals surface area contributed by atoms with E-state index in [0.29, 0.717) is 12.6 Å². The Bertz CT molecular complexity index is 929. The number of carbonyl (C=O) groups is 3. The molecular formula is C32H57N5O5. The molecule has 3 fully saturated rings. The summed E-state index contributed by atoms with van der Waals surface area (Å²) in [7, 11) is 3.89. The van der Waals surface area contributed by atoms with Gasteiger partial charge in [-0.1, -0.05) is 47.5 Å². The molecule has 3 aliphatic rings. The molecule has 10 heteroatoms. The Morgan fingerprint density at radius 3 is 2.00 bits per heavy atom. The zero-order valence-electron chi connectivity index (χ0n) is 27.5. The topological polar surface area (TPSA) is 110 Å². The van der Waals surface area contributed by atoms with Gasteiger partial charge in [0.05, 0.1) is 12.1 Å². The molecule has 42 heavy (non-hydrogen) atoms. The Hall–Kier alpha value is -2.29. The quantitative estimate of drug-likeness (QED) is 0.462. The maximum absolute atomic E-state index is 14.1. The van der Waals surface area contributed by atoms with Crippen LogP contribution in [0.4, 0.5) is 0 Å². The van der Waals surface area contributed by atoms with Crippen molar-refractivity contribution in [3.8, 4) is 0 Å². The molecule has 240 valence electrons. The van der Waals surface area contributed by atoms with Crippen molar-refractivity contribution < 1.29 is 24.0 Å². The highest BCUT2D eigenvalue weighted by atomic mass is 16.2. The summed E-state index contributed by atoms with van der Waals surface area (Å²) < 4.78 is 0. The van der Waals surface area contributed by atoms with E-state index in [4.69, 9.17) is 9.59 Å². The zero-order chi connectivity index (χ0) is 31.6. The molecule has 0 aliphatic carbocycles. The average molecular weight is 592 g/mol. The van der Waals surface area contributed by atoms with Crippen LogP contribution in [0.25, 0.3) is 0 Å². The Kier molecular flexibility index (Phi) is 14.1. The molecule has 3 amide bonds. The minimum Gasteiger partial charge on any atom is -0.342 e. The predicted octanol–water partition coefficient (Wildman–Crippen LogP) is 3.16. The Balaban J connectivity index is 0.00000197. The highest BCUT2D eigenvalue weighted by Gasteiger charge is 2.41. The Morgan fingerprint density at radius 2 is 1.45 bits per heavy atom. The summed E-state index contributed by atoms with van der Waals surface area (Å²) in [5.41, 5.74) is -0.427. The third-order valence-corrected chi connectivity index (χ3v) is 9.49. The number of likely N-dealkylation sites (tertiary alicyclic amines) is 3. The molecule has 0 radical (unpaired) electrons. The van der Waals surface area contributed by atoms with Gasteiger partial charge in [-0.2, -0.15) is 9.59 Å². The van der Waals surface area contributed by atoms with Gasteiger partial charge in [0.2, 0.25) is 17.7 Å². The van der Waals surface area contributed by atoms with Crippen LogP contribution < -0.4 is 5.32 Å². The van der Waals surface area contributed by atoms with E-state index in [0.717, 1.165) is 71.0 Å². The van der Waals surface area contributed by atoms with Gasteiger partial charge in [0, 0.05) is 32.2 Å². The fourth-order valence-electron chi connectivity index (χ4n) is 6.79. The van der Waals surface area contributed by atoms with Crippen LogP contribution in [0.3, 0.4) is 0 Å². The van der Waals surface area contributed by atoms with E-state index in [9.17, 15) is 14.4 Å². The van der Waals surface area contributed by atoms with Crippen molar-refractivity contribution in [3.63, 3.8) is 0 Å². The van der Waals surface area contributed by atoms with Crippen molar-refractivity contribution in [2.75, 3.05) is 40.3 Å². The first kappa shape index (κ1) is 35.9. The summed E-state index contributed by atoms with van der Waals surface area (Å²) in [4.78, 5) is 65.8. The molecule has 1 N–H and O–H groups in total. The van der Waals surface area contributed by atoms with Crippen molar-refractivity contribution in [1.82, 2.24) is 24.9 Å². The summed E-state index contributed by atoms with van der Waals surface area (Å²) in [5.74, 6) is 0.399. The number of hydrogen-bond acceptors (Lipinski definition) is 7. The molecule has 0 aromatic rings. The number of likely N-dealkylation sites (N-methyl/N-ethyl adjacent to an activating group) is 2. The van der Waals surface area contributed by atoms with E-state index in [1.54, 1.807) is 0 Å². The van der Waals surface area contributed by atoms with Crippen molar-refractivity contribution >= 4 is 23.9 Å². The van der Waals surface area contributed by atoms with Crippen molar-refractivity contribution in [2.24, 2.45) is 11.3 Å². The standard InChI is InChI=1S/C31H57N5O3.CO2/c1-22(2)26(21-35-19-13-11-17-25(35)29(38)36-20-14-9-15-23(36)3)34(8)30(39)27(31(4,5)6)32-28(37)24-16-10-12-18-33(24)7;2-1-3/h22-27H,9-21H2,1-8H3,(H,32,37);/t23-,24-,25+,26-,27-;/m1./s1. The number of carbonyl (C=O) groups excluding carboxylic acids is 5. The minimum atomic E-state index is -0.612. The van der Waals surface area contributed by atoms with Gasteiger partial charge in [-0.3, -0.25) is 24.2 Å². The van der Waals surface area contributed by atoms with Gasteiger partial charge in [0.1, 0.15) is 6.04 Å². The number of piperidine rings is 3. The van der Waals surface area contributed by atoms with E-state index in [-0.39, 0.29) is 47.9 Å². The minimum absolute atomic E-state index is 0.0439. The number of hydrogen-bond donors (Lipinski definition) is 1. The highest BCUT2D eigenvalue weighted by molar-refractivity contribution is 5.90. The van der Waals surface area contributed by atoms with E-state index < -0.39 is 11.5 Å². The molecule has 0 saturated carbocycles. The summed E-state index contributed by atoms with van der Waals surface area (Å²) in [6.45, 7) is 15.9. The second-order valence-electron chi connectivity index (χ2n) is 14.0. The third kappa shape index (κ3) is 9.61. The molecule has 3 saturated heterocycles. The lowest BCUT2D eigenvalue weighted by atomic mass is 9.84. The zero-order valence-corrected chi connectivity index (χ0v) is 27.5. The second-order valence-corrected chi connectivity index (χ2v) is 14.0. The molecule has 0 aromatic heterocycles. The number of nitrogens with one attached hydrogen (secondary N) is 1. The Labute approximate surface area is 253 Å². The average Bonchev–Trinajstić information content (AvgIpc) is 2.94. The lowest BCUT2D eigenvalue weighted by Gasteiger charge is -2.45. The van der Waals surface area contributed by atoms with Crippen LogP contribution in [0.1, 0.15) is 99.3 Å². The van der Waals surface area contributed by atoms with Gasteiger partial charge in [-0.05, 0) is 83.3 Å². The van der Waals surface area contributed by atoms with Crippen molar-refractivity contribution in [2.45, 2.75) is 130 Å². The first-order valence-electron chi connectivity index (χ1n) is 16.1. The fourth-order valence-corrected chi connectivity index (χ4v) is 6.79. The van der Waals surface area contributed by atoms with Crippen LogP contribution >= 0.6 is 0 Å². The molecule has 3 heterocycles. The lowest BCUT2D eigenvalue weighted by Crippen LogP contribution is -2.62. The molecule has 10 nitrogen and oxygen atoms in total. The predicted molar refractivity (Wildman–Crippen MR) is 162 cm³/mol. The molecule has 5 atom stereocenters. The van der Waals surface area contributed by atoms with Crippen LogP contribution in [0.15, 0.2) is 0 Å². The number of nitrogens with zero attached hydrogens (tertiary/aromatic N) is 4. The van der Waals surface area contributed by atoms with Crippen LogP contribution in [-0.2, 0) is 24.0 Å². The van der Waals surface area contributed by atoms with E-state index in [2.05, 4.69) is 40.8 Å². The highest BCUT2D eigenvalue weighted by Crippen LogP contribution is 2.28. The first-order valence-corrected chi connectivity index (χ1v) is 16.1. The monoisotopic (exact) mass is 591 g/mol. The first-order chi connectivity index (χ1) is 19.7. The Morgan fingerprint density at radius 1 is 0.905 bits per heavy atom. The third-order valence-electron chi connectivity index (χ3n) is 9.49. The van der Waals surface area contributed by atoms with Crippen LogP contribution in [0.5, 0.6) is 0 Å². The van der Waals surface area contributed by atoms with E-state index in [1.807, 2.05) is 39.8 Å². The normalized spacial score (nSPS) is 25.5. The van der Waals surface area contributed by atoms with Gasteiger partial charge < -0.3 is 15.1 Å². The smallest absolute Gasteiger partial charge is 0.342 e. The number of rotatable bonds is 8. The van der Waals surface area contributed by atoms with Crippen LogP contribution in [0.2, 0.25) is 0 Å². The molecule has 0 bridgehead atoms. The number of amides is 3. The van der Waals surface area contributed by atoms with Gasteiger partial charge in [0.25, 0.3) is 0 Å². The fraction of sp³-hybridized carbons (Fsp3) is 0.875. The summed E-state index contributed by atoms with van der Waals surface area (Å²) in [5, 5.41) is 3.16. The van der Waals surface area contributed by atoms with Crippen molar-refractivity contribution in [3.05, 3.63) is 0 Å². The summed E-state index contributed by atoms with van der Waals surface area (Å²) >= 11 is 0. The van der Waals surface area contributed by atoms with E-state index >= 15 is 0 Å². The SMILES string of the molecule is CC(C)[C@@H](CN1CCCC[C@H]1C(=O)N1CCCC[C@H]1C)N(C)C(=O)[C@@H](NC(=O)[C@H]1CCCCN1C)C(C)(C)C.O=C=O. The molecule has 3 rings (SSSR count). The maximum Gasteiger partial charge on any atom is 0.373 e. The summed E-state index contributed by atoms with van der Waals surface area (Å²) in [6, 6.07) is -0.646. The van der Waals surface area contributed by atoms with Crippen LogP contribution in [0, 0.1) is 11.3 Å². The largest absolute Gasteiger partial charge is 0.373 e. The van der Waals surface area contributed by atoms with Gasteiger partial charge >= 0.3 is 6.15 Å². The van der Waals surface area contributed by atoms with Gasteiger partial charge in [0.15, 0.2) is 0 Å². The van der Waals surface area contributed by atoms with Crippen molar-refractivity contribution in [1.29, 1.82) is 0 Å². The maximum atomic E-state index is 14.1.